The van der Waals surface area contributed by atoms with Crippen LogP contribution < -0.4 is 0 Å². The molecule has 0 N–H and O–H groups in total. The van der Waals surface area contributed by atoms with E-state index in [1.54, 1.807) is 0 Å². The lowest BCUT2D eigenvalue weighted by Gasteiger charge is -2.03. The number of hydrogen-bond acceptors (Lipinski definition) is 2. The first-order valence-corrected chi connectivity index (χ1v) is 3.59. The number of hydrogen-bond donors (Lipinski definition) is 0. The fourth-order valence-electron chi connectivity index (χ4n) is 1.18. The number of ether oxygens (including phenoxy) is 1. The molecule has 1 aliphatic rings. The highest BCUT2D eigenvalue weighted by Gasteiger charge is 2.59. The van der Waals surface area contributed by atoms with Crippen LogP contribution in [-0.2, 0) is 4.74 Å². The Balaban J connectivity index is 2.38. The molecule has 0 saturated carbocycles. The van der Waals surface area contributed by atoms with Crippen molar-refractivity contribution in [2.24, 2.45) is 0 Å². The quantitative estimate of drug-likeness (QED) is 0.547. The zero-order valence-corrected chi connectivity index (χ0v) is 6.77. The Morgan fingerprint density at radius 2 is 1.90 bits per heavy atom. The number of rotatable bonds is 2. The second kappa shape index (κ2) is 1.96. The molecule has 0 aliphatic carbocycles. The summed E-state index contributed by atoms with van der Waals surface area (Å²) in [4.78, 5) is 0. The van der Waals surface area contributed by atoms with Gasteiger partial charge >= 0.3 is 0 Å². The molecule has 10 heavy (non-hydrogen) atoms. The molecule has 1 heterocycles. The summed E-state index contributed by atoms with van der Waals surface area (Å²) in [5.74, 6) is 0. The average molecular weight is 139 g/mol. The summed E-state index contributed by atoms with van der Waals surface area (Å²) in [6, 6.07) is 2.12. The van der Waals surface area contributed by atoms with Crippen LogP contribution >= 0.6 is 0 Å². The molecule has 2 heteroatoms. The van der Waals surface area contributed by atoms with Crippen molar-refractivity contribution in [3.8, 4) is 6.07 Å². The van der Waals surface area contributed by atoms with Crippen molar-refractivity contribution in [2.45, 2.75) is 44.8 Å². The van der Waals surface area contributed by atoms with E-state index in [2.05, 4.69) is 26.8 Å². The molecule has 2 nitrogen and oxygen atoms in total. The molecule has 0 bridgehead atoms. The van der Waals surface area contributed by atoms with Crippen molar-refractivity contribution >= 4 is 0 Å². The van der Waals surface area contributed by atoms with Crippen molar-refractivity contribution in [1.29, 1.82) is 5.26 Å². The Morgan fingerprint density at radius 1 is 1.40 bits per heavy atom. The van der Waals surface area contributed by atoms with Gasteiger partial charge in [0.1, 0.15) is 0 Å². The van der Waals surface area contributed by atoms with Gasteiger partial charge in [-0.2, -0.15) is 5.26 Å². The monoisotopic (exact) mass is 139 g/mol. The molecule has 1 atom stereocenters. The van der Waals surface area contributed by atoms with Gasteiger partial charge in [0.05, 0.1) is 17.3 Å². The molecule has 0 aromatic heterocycles. The number of nitrogens with zero attached hydrogens (tertiary/aromatic N) is 1. The Morgan fingerprint density at radius 3 is 2.20 bits per heavy atom. The van der Waals surface area contributed by atoms with Crippen LogP contribution in [0.2, 0.25) is 0 Å². The molecular weight excluding hydrogens is 126 g/mol. The van der Waals surface area contributed by atoms with Crippen LogP contribution in [0.3, 0.4) is 0 Å². The van der Waals surface area contributed by atoms with E-state index in [9.17, 15) is 0 Å². The summed E-state index contributed by atoms with van der Waals surface area (Å²) in [6.07, 6.45) is 1.45. The van der Waals surface area contributed by atoms with Crippen LogP contribution in [0.25, 0.3) is 0 Å². The second-order valence-corrected chi connectivity index (χ2v) is 3.50. The fraction of sp³-hybridized carbons (Fsp3) is 0.875. The normalized spacial score (nSPS) is 35.0. The van der Waals surface area contributed by atoms with Crippen molar-refractivity contribution in [3.63, 3.8) is 0 Å². The maximum atomic E-state index is 8.32. The molecule has 0 aromatic rings. The predicted octanol–water partition coefficient (Wildman–Crippen LogP) is 1.86. The summed E-state index contributed by atoms with van der Waals surface area (Å²) in [5.41, 5.74) is -0.0212. The van der Waals surface area contributed by atoms with Gasteiger partial charge in [-0.05, 0) is 27.2 Å². The summed E-state index contributed by atoms with van der Waals surface area (Å²) >= 11 is 0. The Kier molecular flexibility index (Phi) is 1.48. The minimum absolute atomic E-state index is 0.00382. The van der Waals surface area contributed by atoms with Gasteiger partial charge in [-0.1, -0.05) is 0 Å². The van der Waals surface area contributed by atoms with Crippen LogP contribution in [0, 0.1) is 11.3 Å². The van der Waals surface area contributed by atoms with Crippen LogP contribution in [0.1, 0.15) is 33.6 Å². The molecular formula is C8H13NO. The van der Waals surface area contributed by atoms with Crippen LogP contribution in [-0.4, -0.2) is 11.2 Å². The van der Waals surface area contributed by atoms with Gasteiger partial charge in [-0.25, -0.2) is 0 Å². The second-order valence-electron chi connectivity index (χ2n) is 3.50. The zero-order chi connectivity index (χ0) is 7.83. The molecule has 1 fully saturated rings. The molecule has 1 rings (SSSR count). The fourth-order valence-corrected chi connectivity index (χ4v) is 1.18. The van der Waals surface area contributed by atoms with Crippen LogP contribution in [0.4, 0.5) is 0 Å². The third kappa shape index (κ3) is 1.02. The minimum Gasteiger partial charge on any atom is -0.363 e. The smallest absolute Gasteiger partial charge is 0.0956 e. The van der Waals surface area contributed by atoms with E-state index in [0.29, 0.717) is 6.42 Å². The van der Waals surface area contributed by atoms with E-state index in [0.717, 1.165) is 6.42 Å². The first-order valence-electron chi connectivity index (χ1n) is 3.59. The average Bonchev–Trinajstić information content (AvgIpc) is 2.29. The molecule has 0 radical (unpaired) electrons. The van der Waals surface area contributed by atoms with Gasteiger partial charge in [0.15, 0.2) is 0 Å². The molecule has 0 spiro atoms. The maximum absolute atomic E-state index is 8.32. The first kappa shape index (κ1) is 7.56. The van der Waals surface area contributed by atoms with Gasteiger partial charge in [0.25, 0.3) is 0 Å². The van der Waals surface area contributed by atoms with Gasteiger partial charge < -0.3 is 4.74 Å². The van der Waals surface area contributed by atoms with Gasteiger partial charge in [-0.3, -0.25) is 0 Å². The lowest BCUT2D eigenvalue weighted by Crippen LogP contribution is -2.15. The molecule has 1 unspecified atom stereocenters. The number of epoxide rings is 1. The molecule has 1 aliphatic heterocycles. The third-order valence-corrected chi connectivity index (χ3v) is 2.43. The standard InChI is InChI=1S/C8H13NO/c1-7(2)8(3,10-7)5-4-6-9/h4-5H2,1-3H3. The predicted molar refractivity (Wildman–Crippen MR) is 38.4 cm³/mol. The van der Waals surface area contributed by atoms with Gasteiger partial charge in [0, 0.05) is 6.42 Å². The summed E-state index contributed by atoms with van der Waals surface area (Å²) < 4.78 is 5.44. The van der Waals surface area contributed by atoms with Gasteiger partial charge in [0.2, 0.25) is 0 Å². The van der Waals surface area contributed by atoms with E-state index in [1.807, 2.05) is 0 Å². The maximum Gasteiger partial charge on any atom is 0.0956 e. The zero-order valence-electron chi connectivity index (χ0n) is 6.77. The van der Waals surface area contributed by atoms with Crippen molar-refractivity contribution in [3.05, 3.63) is 0 Å². The van der Waals surface area contributed by atoms with E-state index in [4.69, 9.17) is 10.00 Å². The number of nitriles is 1. The topological polar surface area (TPSA) is 36.3 Å². The highest BCUT2D eigenvalue weighted by molar-refractivity contribution is 5.08. The Hall–Kier alpha value is -0.550. The molecule has 0 amide bonds. The lowest BCUT2D eigenvalue weighted by molar-refractivity contribution is 0.278. The van der Waals surface area contributed by atoms with Crippen LogP contribution in [0.15, 0.2) is 0 Å². The lowest BCUT2D eigenvalue weighted by atomic mass is 9.94. The summed E-state index contributed by atoms with van der Waals surface area (Å²) in [7, 11) is 0. The van der Waals surface area contributed by atoms with Crippen molar-refractivity contribution in [1.82, 2.24) is 0 Å². The van der Waals surface area contributed by atoms with Crippen molar-refractivity contribution in [2.75, 3.05) is 0 Å². The van der Waals surface area contributed by atoms with Gasteiger partial charge in [-0.15, -0.1) is 0 Å². The molecule has 1 saturated heterocycles. The summed E-state index contributed by atoms with van der Waals surface area (Å²) in [6.45, 7) is 6.18. The molecule has 0 aromatic carbocycles. The van der Waals surface area contributed by atoms with E-state index >= 15 is 0 Å². The Bertz CT molecular complexity index is 180. The molecule has 56 valence electrons. The SMILES string of the molecule is CC1(C)OC1(C)CCC#N. The highest BCUT2D eigenvalue weighted by atomic mass is 16.6. The Labute approximate surface area is 61.8 Å². The van der Waals surface area contributed by atoms with E-state index in [-0.39, 0.29) is 11.2 Å². The van der Waals surface area contributed by atoms with Crippen molar-refractivity contribution < 1.29 is 4.74 Å². The summed E-state index contributed by atoms with van der Waals surface area (Å²) in [5, 5.41) is 8.32. The third-order valence-electron chi connectivity index (χ3n) is 2.43. The van der Waals surface area contributed by atoms with Crippen LogP contribution in [0.5, 0.6) is 0 Å². The first-order chi connectivity index (χ1) is 4.52. The van der Waals surface area contributed by atoms with E-state index in [1.165, 1.54) is 0 Å². The highest BCUT2D eigenvalue weighted by Crippen LogP contribution is 2.49. The van der Waals surface area contributed by atoms with E-state index < -0.39 is 0 Å². The minimum atomic E-state index is -0.0251. The largest absolute Gasteiger partial charge is 0.363 e.